The lowest BCUT2D eigenvalue weighted by Gasteiger charge is -2.24. The van der Waals surface area contributed by atoms with Gasteiger partial charge in [0.1, 0.15) is 12.4 Å². The van der Waals surface area contributed by atoms with E-state index < -0.39 is 0 Å². The molecule has 6 nitrogen and oxygen atoms in total. The summed E-state index contributed by atoms with van der Waals surface area (Å²) < 4.78 is 7.58. The van der Waals surface area contributed by atoms with Crippen LogP contribution in [-0.2, 0) is 17.8 Å². The molecule has 0 unspecified atom stereocenters. The number of hydrogen-bond donors (Lipinski definition) is 2. The van der Waals surface area contributed by atoms with Crippen molar-refractivity contribution in [3.05, 3.63) is 18.2 Å². The molecular weight excluding hydrogens is 278 g/mol. The number of aliphatic imine (C=N–C) groups is 1. The van der Waals surface area contributed by atoms with Gasteiger partial charge < -0.3 is 19.9 Å². The molecule has 0 fully saturated rings. The third-order valence-corrected chi connectivity index (χ3v) is 3.32. The molecule has 0 saturated carbocycles. The molecule has 1 rings (SSSR count). The first kappa shape index (κ1) is 18.5. The third kappa shape index (κ3) is 6.47. The fourth-order valence-electron chi connectivity index (χ4n) is 1.91. The summed E-state index contributed by atoms with van der Waals surface area (Å²) in [6.45, 7) is 13.6. The van der Waals surface area contributed by atoms with Crippen LogP contribution >= 0.6 is 0 Å². The molecule has 1 aromatic heterocycles. The molecule has 0 aliphatic heterocycles. The minimum atomic E-state index is -0.230. The number of hydrogen-bond acceptors (Lipinski definition) is 3. The van der Waals surface area contributed by atoms with Gasteiger partial charge >= 0.3 is 0 Å². The Morgan fingerprint density at radius 3 is 2.73 bits per heavy atom. The summed E-state index contributed by atoms with van der Waals surface area (Å²) in [6.07, 6.45) is 3.85. The van der Waals surface area contributed by atoms with E-state index in [2.05, 4.69) is 45.9 Å². The van der Waals surface area contributed by atoms with E-state index in [0.717, 1.165) is 24.9 Å². The van der Waals surface area contributed by atoms with Gasteiger partial charge in [0.2, 0.25) is 0 Å². The fraction of sp³-hybridized carbons (Fsp3) is 0.750. The SMILES string of the molecule is CCNC(=NCc1nccn1CC(C)C)NCC(C)(C)OC. The van der Waals surface area contributed by atoms with Crippen LogP contribution in [0.25, 0.3) is 0 Å². The zero-order chi connectivity index (χ0) is 16.6. The van der Waals surface area contributed by atoms with E-state index in [1.165, 1.54) is 0 Å². The van der Waals surface area contributed by atoms with Crippen molar-refractivity contribution in [3.63, 3.8) is 0 Å². The maximum absolute atomic E-state index is 5.42. The highest BCUT2D eigenvalue weighted by molar-refractivity contribution is 5.79. The molecule has 0 radical (unpaired) electrons. The van der Waals surface area contributed by atoms with E-state index in [1.54, 1.807) is 7.11 Å². The first-order chi connectivity index (χ1) is 10.4. The van der Waals surface area contributed by atoms with Crippen molar-refractivity contribution < 1.29 is 4.74 Å². The Morgan fingerprint density at radius 2 is 2.14 bits per heavy atom. The molecular formula is C16H31N5O. The predicted molar refractivity (Wildman–Crippen MR) is 91.0 cm³/mol. The van der Waals surface area contributed by atoms with Crippen molar-refractivity contribution in [1.29, 1.82) is 0 Å². The number of methoxy groups -OCH3 is 1. The van der Waals surface area contributed by atoms with Crippen molar-refractivity contribution in [1.82, 2.24) is 20.2 Å². The van der Waals surface area contributed by atoms with Crippen molar-refractivity contribution in [2.45, 2.75) is 53.3 Å². The van der Waals surface area contributed by atoms with Gasteiger partial charge in [-0.3, -0.25) is 0 Å². The molecule has 2 N–H and O–H groups in total. The molecule has 0 spiro atoms. The van der Waals surface area contributed by atoms with Crippen molar-refractivity contribution in [2.75, 3.05) is 20.2 Å². The van der Waals surface area contributed by atoms with Crippen LogP contribution in [0.1, 0.15) is 40.4 Å². The predicted octanol–water partition coefficient (Wildman–Crippen LogP) is 2.02. The van der Waals surface area contributed by atoms with Crippen molar-refractivity contribution in [2.24, 2.45) is 10.9 Å². The van der Waals surface area contributed by atoms with Crippen LogP contribution in [-0.4, -0.2) is 41.3 Å². The van der Waals surface area contributed by atoms with E-state index in [4.69, 9.17) is 4.74 Å². The van der Waals surface area contributed by atoms with Crippen molar-refractivity contribution >= 4 is 5.96 Å². The summed E-state index contributed by atoms with van der Waals surface area (Å²) in [6, 6.07) is 0. The van der Waals surface area contributed by atoms with Crippen LogP contribution in [0.15, 0.2) is 17.4 Å². The molecule has 0 aromatic carbocycles. The van der Waals surface area contributed by atoms with E-state index >= 15 is 0 Å². The van der Waals surface area contributed by atoms with Gasteiger partial charge in [0.25, 0.3) is 0 Å². The molecule has 0 atom stereocenters. The summed E-state index contributed by atoms with van der Waals surface area (Å²) in [7, 11) is 1.72. The summed E-state index contributed by atoms with van der Waals surface area (Å²) in [5.74, 6) is 2.36. The van der Waals surface area contributed by atoms with Gasteiger partial charge in [0, 0.05) is 39.1 Å². The number of nitrogens with zero attached hydrogens (tertiary/aromatic N) is 3. The smallest absolute Gasteiger partial charge is 0.191 e. The summed E-state index contributed by atoms with van der Waals surface area (Å²) in [5, 5.41) is 6.56. The van der Waals surface area contributed by atoms with Crippen LogP contribution in [0.3, 0.4) is 0 Å². The average molecular weight is 309 g/mol. The topological polar surface area (TPSA) is 63.5 Å². The second-order valence-corrected chi connectivity index (χ2v) is 6.40. The number of imidazole rings is 1. The number of nitrogens with one attached hydrogen (secondary N) is 2. The maximum Gasteiger partial charge on any atom is 0.191 e. The molecule has 1 aromatic rings. The molecule has 0 amide bonds. The summed E-state index contributed by atoms with van der Waals surface area (Å²) >= 11 is 0. The highest BCUT2D eigenvalue weighted by atomic mass is 16.5. The standard InChI is InChI=1S/C16H31N5O/c1-7-17-15(20-12-16(4,5)22-6)19-10-14-18-8-9-21(14)11-13(2)3/h8-9,13H,7,10-12H2,1-6H3,(H2,17,19,20). The molecule has 0 bridgehead atoms. The van der Waals surface area contributed by atoms with Crippen LogP contribution in [0.2, 0.25) is 0 Å². The average Bonchev–Trinajstić information content (AvgIpc) is 2.88. The molecule has 0 aliphatic carbocycles. The number of aromatic nitrogens is 2. The normalized spacial score (nSPS) is 12.8. The largest absolute Gasteiger partial charge is 0.377 e. The lowest BCUT2D eigenvalue weighted by molar-refractivity contribution is 0.0268. The fourth-order valence-corrected chi connectivity index (χ4v) is 1.91. The van der Waals surface area contributed by atoms with Gasteiger partial charge in [-0.15, -0.1) is 0 Å². The third-order valence-electron chi connectivity index (χ3n) is 3.32. The molecule has 22 heavy (non-hydrogen) atoms. The highest BCUT2D eigenvalue weighted by Crippen LogP contribution is 2.06. The second kappa shape index (κ2) is 8.78. The lowest BCUT2D eigenvalue weighted by Crippen LogP contribution is -2.45. The Kier molecular flexibility index (Phi) is 7.38. The van der Waals surface area contributed by atoms with E-state index in [-0.39, 0.29) is 5.60 Å². The minimum Gasteiger partial charge on any atom is -0.377 e. The van der Waals surface area contributed by atoms with E-state index in [9.17, 15) is 0 Å². The Bertz CT molecular complexity index is 465. The van der Waals surface area contributed by atoms with Gasteiger partial charge in [-0.1, -0.05) is 13.8 Å². The number of ether oxygens (including phenoxy) is 1. The molecule has 0 saturated heterocycles. The maximum atomic E-state index is 5.42. The number of guanidine groups is 1. The van der Waals surface area contributed by atoms with Crippen molar-refractivity contribution in [3.8, 4) is 0 Å². The van der Waals surface area contributed by atoms with Gasteiger partial charge in [-0.05, 0) is 26.7 Å². The molecule has 1 heterocycles. The van der Waals surface area contributed by atoms with Crippen LogP contribution in [0.4, 0.5) is 0 Å². The Labute approximate surface area is 134 Å². The second-order valence-electron chi connectivity index (χ2n) is 6.40. The monoisotopic (exact) mass is 309 g/mol. The van der Waals surface area contributed by atoms with E-state index in [0.29, 0.717) is 19.0 Å². The van der Waals surface area contributed by atoms with E-state index in [1.807, 2.05) is 26.2 Å². The minimum absolute atomic E-state index is 0.230. The zero-order valence-corrected chi connectivity index (χ0v) is 14.8. The van der Waals surface area contributed by atoms with Gasteiger partial charge in [-0.25, -0.2) is 9.98 Å². The summed E-state index contributed by atoms with van der Waals surface area (Å²) in [5.41, 5.74) is -0.230. The first-order valence-corrected chi connectivity index (χ1v) is 7.95. The zero-order valence-electron chi connectivity index (χ0n) is 14.8. The quantitative estimate of drug-likeness (QED) is 0.570. The van der Waals surface area contributed by atoms with Gasteiger partial charge in [0.05, 0.1) is 5.60 Å². The number of rotatable bonds is 8. The Balaban J connectivity index is 2.68. The Hall–Kier alpha value is -1.56. The molecule has 6 heteroatoms. The van der Waals surface area contributed by atoms with Crippen LogP contribution in [0, 0.1) is 5.92 Å². The van der Waals surface area contributed by atoms with Gasteiger partial charge in [0.15, 0.2) is 5.96 Å². The van der Waals surface area contributed by atoms with Crippen LogP contribution < -0.4 is 10.6 Å². The lowest BCUT2D eigenvalue weighted by atomic mass is 10.1. The molecule has 0 aliphatic rings. The highest BCUT2D eigenvalue weighted by Gasteiger charge is 2.16. The first-order valence-electron chi connectivity index (χ1n) is 7.95. The van der Waals surface area contributed by atoms with Gasteiger partial charge in [-0.2, -0.15) is 0 Å². The molecule has 126 valence electrons. The Morgan fingerprint density at radius 1 is 1.41 bits per heavy atom. The van der Waals surface area contributed by atoms with Crippen LogP contribution in [0.5, 0.6) is 0 Å². The summed E-state index contributed by atoms with van der Waals surface area (Å²) in [4.78, 5) is 9.02.